The van der Waals surface area contributed by atoms with E-state index in [0.717, 1.165) is 0 Å². The fraction of sp³-hybridized carbons (Fsp3) is 0. The molecule has 1 N–H and O–H groups in total. The van der Waals surface area contributed by atoms with Gasteiger partial charge in [-0.15, -0.1) is 0 Å². The number of nitrogens with zero attached hydrogens (tertiary/aromatic N) is 2. The van der Waals surface area contributed by atoms with E-state index in [1.807, 2.05) is 0 Å². The van der Waals surface area contributed by atoms with Crippen LogP contribution in [0.25, 0.3) is 0 Å². The average molecular weight is 260 g/mol. The lowest BCUT2D eigenvalue weighted by atomic mass is 10.2. The highest BCUT2D eigenvalue weighted by Gasteiger charge is 1.96. The largest absolute Gasteiger partial charge is 0.478 e. The van der Waals surface area contributed by atoms with E-state index < -0.39 is 5.97 Å². The molecule has 98 valence electrons. The molecule has 0 bridgehead atoms. The lowest BCUT2D eigenvalue weighted by molar-refractivity contribution is 0.0697. The van der Waals surface area contributed by atoms with Crippen LogP contribution in [0.3, 0.4) is 0 Å². The number of rotatable bonds is 1. The zero-order valence-corrected chi connectivity index (χ0v) is 9.92. The maximum atomic E-state index is 10.2. The van der Waals surface area contributed by atoms with Crippen LogP contribution in [0.1, 0.15) is 10.4 Å². The van der Waals surface area contributed by atoms with E-state index in [1.54, 1.807) is 42.7 Å². The Labute approximate surface area is 109 Å². The number of aromatic nitrogens is 2. The molecule has 0 aliphatic heterocycles. The highest BCUT2D eigenvalue weighted by atomic mass is 16.4. The van der Waals surface area contributed by atoms with Crippen molar-refractivity contribution in [2.75, 3.05) is 0 Å². The number of carboxylic acids is 1. The number of oxazole rings is 2. The number of carbonyl (C=O) groups is 1. The lowest BCUT2D eigenvalue weighted by Crippen LogP contribution is -1.93. The van der Waals surface area contributed by atoms with Crippen LogP contribution in [-0.4, -0.2) is 21.0 Å². The third kappa shape index (κ3) is 7.11. The number of hydrogen-bond donors (Lipinski definition) is 1. The van der Waals surface area contributed by atoms with E-state index in [9.17, 15) is 4.79 Å². The van der Waals surface area contributed by atoms with Gasteiger partial charge in [-0.05, 0) is 12.1 Å². The smallest absolute Gasteiger partial charge is 0.335 e. The molecule has 0 saturated carbocycles. The van der Waals surface area contributed by atoms with Crippen molar-refractivity contribution in [3.05, 3.63) is 73.6 Å². The summed E-state index contributed by atoms with van der Waals surface area (Å²) in [5, 5.41) is 8.38. The first-order chi connectivity index (χ1) is 9.30. The van der Waals surface area contributed by atoms with Gasteiger partial charge in [0.1, 0.15) is 12.5 Å². The number of aromatic carboxylic acids is 1. The van der Waals surface area contributed by atoms with Crippen LogP contribution in [-0.2, 0) is 0 Å². The molecule has 0 atom stereocenters. The Morgan fingerprint density at radius 1 is 0.947 bits per heavy atom. The van der Waals surface area contributed by atoms with E-state index in [0.29, 0.717) is 5.56 Å². The van der Waals surface area contributed by atoms with Gasteiger partial charge in [0.2, 0.25) is 0 Å². The third-order valence-corrected chi connectivity index (χ3v) is 1.72. The van der Waals surface area contributed by atoms with Gasteiger partial charge in [0.15, 0.2) is 12.8 Å². The summed E-state index contributed by atoms with van der Waals surface area (Å²) in [5.74, 6) is -0.879. The maximum absolute atomic E-state index is 10.2. The SMILES string of the molecule is O=C(O)c1ccccc1.c1cocn1.c1cocn1. The molecule has 0 aliphatic rings. The Morgan fingerprint density at radius 2 is 1.47 bits per heavy atom. The molecule has 0 unspecified atom stereocenters. The maximum Gasteiger partial charge on any atom is 0.335 e. The highest BCUT2D eigenvalue weighted by molar-refractivity contribution is 5.87. The molecule has 3 aromatic rings. The van der Waals surface area contributed by atoms with Crippen LogP contribution in [0.4, 0.5) is 0 Å². The van der Waals surface area contributed by atoms with Gasteiger partial charge in [-0.25, -0.2) is 14.8 Å². The van der Waals surface area contributed by atoms with Crippen molar-refractivity contribution in [1.82, 2.24) is 9.97 Å². The zero-order chi connectivity index (χ0) is 13.8. The van der Waals surface area contributed by atoms with Crippen molar-refractivity contribution in [2.45, 2.75) is 0 Å². The Hall–Kier alpha value is -2.89. The van der Waals surface area contributed by atoms with Gasteiger partial charge in [-0.2, -0.15) is 0 Å². The van der Waals surface area contributed by atoms with Gasteiger partial charge < -0.3 is 13.9 Å². The first-order valence-electron chi connectivity index (χ1n) is 5.23. The predicted molar refractivity (Wildman–Crippen MR) is 66.4 cm³/mol. The van der Waals surface area contributed by atoms with Crippen molar-refractivity contribution in [3.8, 4) is 0 Å². The summed E-state index contributed by atoms with van der Waals surface area (Å²) in [5.41, 5.74) is 0.331. The minimum absolute atomic E-state index is 0.331. The fourth-order valence-electron chi connectivity index (χ4n) is 0.932. The molecule has 2 aromatic heterocycles. The van der Waals surface area contributed by atoms with E-state index in [2.05, 4.69) is 18.8 Å². The molecule has 0 radical (unpaired) electrons. The van der Waals surface area contributed by atoms with Gasteiger partial charge in [-0.1, -0.05) is 18.2 Å². The summed E-state index contributed by atoms with van der Waals surface area (Å²) >= 11 is 0. The summed E-state index contributed by atoms with van der Waals surface area (Å²) in [4.78, 5) is 17.3. The molecular weight excluding hydrogens is 248 g/mol. The summed E-state index contributed by atoms with van der Waals surface area (Å²) < 4.78 is 8.94. The summed E-state index contributed by atoms with van der Waals surface area (Å²) in [6.07, 6.45) is 8.94. The first-order valence-corrected chi connectivity index (χ1v) is 5.23. The quantitative estimate of drug-likeness (QED) is 0.723. The monoisotopic (exact) mass is 260 g/mol. The second-order valence-electron chi connectivity index (χ2n) is 3.02. The van der Waals surface area contributed by atoms with Crippen LogP contribution in [0.5, 0.6) is 0 Å². The number of carboxylic acid groups (broad SMARTS) is 1. The average Bonchev–Trinajstić information content (AvgIpc) is 3.18. The van der Waals surface area contributed by atoms with Crippen LogP contribution in [0, 0.1) is 0 Å². The molecule has 0 fully saturated rings. The molecule has 1 aromatic carbocycles. The number of hydrogen-bond acceptors (Lipinski definition) is 5. The third-order valence-electron chi connectivity index (χ3n) is 1.72. The standard InChI is InChI=1S/C7H6O2.2C3H3NO/c8-7(9)6-4-2-1-3-5-6;2*1-2-5-3-4-1/h1-5H,(H,8,9);2*1-3H. The van der Waals surface area contributed by atoms with Gasteiger partial charge >= 0.3 is 5.97 Å². The fourth-order valence-corrected chi connectivity index (χ4v) is 0.932. The molecule has 19 heavy (non-hydrogen) atoms. The van der Waals surface area contributed by atoms with Crippen molar-refractivity contribution in [2.24, 2.45) is 0 Å². The molecule has 2 heterocycles. The van der Waals surface area contributed by atoms with Gasteiger partial charge in [0, 0.05) is 0 Å². The summed E-state index contributed by atoms with van der Waals surface area (Å²) in [7, 11) is 0. The minimum Gasteiger partial charge on any atom is -0.478 e. The Morgan fingerprint density at radius 3 is 1.68 bits per heavy atom. The molecule has 6 nitrogen and oxygen atoms in total. The molecular formula is C13H12N2O4. The second kappa shape index (κ2) is 9.17. The second-order valence-corrected chi connectivity index (χ2v) is 3.02. The zero-order valence-electron chi connectivity index (χ0n) is 9.92. The van der Waals surface area contributed by atoms with Crippen LogP contribution in [0.2, 0.25) is 0 Å². The van der Waals surface area contributed by atoms with Crippen molar-refractivity contribution >= 4 is 5.97 Å². The molecule has 0 amide bonds. The Balaban J connectivity index is 0.000000153. The topological polar surface area (TPSA) is 89.4 Å². The van der Waals surface area contributed by atoms with Crippen LogP contribution in [0.15, 0.2) is 76.9 Å². The molecule has 6 heteroatoms. The molecule has 0 aliphatic carbocycles. The van der Waals surface area contributed by atoms with Crippen LogP contribution < -0.4 is 0 Å². The predicted octanol–water partition coefficient (Wildman–Crippen LogP) is 2.73. The summed E-state index contributed by atoms with van der Waals surface area (Å²) in [6.45, 7) is 0. The van der Waals surface area contributed by atoms with Crippen molar-refractivity contribution in [1.29, 1.82) is 0 Å². The van der Waals surface area contributed by atoms with E-state index >= 15 is 0 Å². The van der Waals surface area contributed by atoms with Crippen molar-refractivity contribution < 1.29 is 18.7 Å². The van der Waals surface area contributed by atoms with Gasteiger partial charge in [0.25, 0.3) is 0 Å². The molecule has 0 saturated heterocycles. The van der Waals surface area contributed by atoms with Crippen LogP contribution >= 0.6 is 0 Å². The van der Waals surface area contributed by atoms with Gasteiger partial charge in [-0.3, -0.25) is 0 Å². The molecule has 0 spiro atoms. The van der Waals surface area contributed by atoms with E-state index in [1.165, 1.54) is 25.3 Å². The normalized spacial score (nSPS) is 8.42. The highest BCUT2D eigenvalue weighted by Crippen LogP contribution is 1.96. The Kier molecular flexibility index (Phi) is 6.84. The Bertz CT molecular complexity index is 460. The first kappa shape index (κ1) is 14.2. The minimum atomic E-state index is -0.879. The van der Waals surface area contributed by atoms with E-state index in [4.69, 9.17) is 5.11 Å². The lowest BCUT2D eigenvalue weighted by Gasteiger charge is -1.88. The van der Waals surface area contributed by atoms with E-state index in [-0.39, 0.29) is 0 Å². The molecule has 3 rings (SSSR count). The summed E-state index contributed by atoms with van der Waals surface area (Å²) in [6, 6.07) is 8.30. The van der Waals surface area contributed by atoms with Crippen molar-refractivity contribution in [3.63, 3.8) is 0 Å². The number of benzene rings is 1. The van der Waals surface area contributed by atoms with Gasteiger partial charge in [0.05, 0.1) is 18.0 Å².